The Hall–Kier alpha value is -1.75. The molecule has 0 aromatic carbocycles. The van der Waals surface area contributed by atoms with E-state index in [0.717, 1.165) is 25.8 Å². The number of rotatable bonds is 4. The van der Waals surface area contributed by atoms with Crippen molar-refractivity contribution in [2.75, 3.05) is 6.54 Å². The highest BCUT2D eigenvalue weighted by molar-refractivity contribution is 5.36. The summed E-state index contributed by atoms with van der Waals surface area (Å²) in [6, 6.07) is 1.83. The molecule has 2 aromatic heterocycles. The first kappa shape index (κ1) is 13.2. The SMILES string of the molecule is CCc1nn(-c2ncccn2)c2c1C(CCN)CCC2. The van der Waals surface area contributed by atoms with Gasteiger partial charge in [-0.2, -0.15) is 5.10 Å². The van der Waals surface area contributed by atoms with Gasteiger partial charge in [-0.25, -0.2) is 14.6 Å². The maximum absolute atomic E-state index is 5.77. The van der Waals surface area contributed by atoms with Crippen LogP contribution in [0.3, 0.4) is 0 Å². The van der Waals surface area contributed by atoms with Crippen LogP contribution in [0, 0.1) is 0 Å². The number of nitrogens with two attached hydrogens (primary N) is 1. The van der Waals surface area contributed by atoms with Crippen molar-refractivity contribution in [1.82, 2.24) is 19.7 Å². The Bertz CT molecular complexity index is 575. The van der Waals surface area contributed by atoms with Gasteiger partial charge in [-0.1, -0.05) is 6.92 Å². The lowest BCUT2D eigenvalue weighted by Crippen LogP contribution is -2.16. The smallest absolute Gasteiger partial charge is 0.250 e. The van der Waals surface area contributed by atoms with Crippen LogP contribution in [0.2, 0.25) is 0 Å². The summed E-state index contributed by atoms with van der Waals surface area (Å²) >= 11 is 0. The highest BCUT2D eigenvalue weighted by Crippen LogP contribution is 2.36. The van der Waals surface area contributed by atoms with Crippen LogP contribution in [0.15, 0.2) is 18.5 Å². The summed E-state index contributed by atoms with van der Waals surface area (Å²) < 4.78 is 1.94. The highest BCUT2D eigenvalue weighted by atomic mass is 15.4. The minimum Gasteiger partial charge on any atom is -0.330 e. The molecular formula is C15H21N5. The van der Waals surface area contributed by atoms with Crippen LogP contribution in [0.4, 0.5) is 0 Å². The van der Waals surface area contributed by atoms with Gasteiger partial charge in [0.05, 0.1) is 11.4 Å². The van der Waals surface area contributed by atoms with Crippen molar-refractivity contribution in [2.45, 2.75) is 44.9 Å². The largest absolute Gasteiger partial charge is 0.330 e. The van der Waals surface area contributed by atoms with E-state index in [1.807, 2.05) is 10.7 Å². The third kappa shape index (κ3) is 2.22. The summed E-state index contributed by atoms with van der Waals surface area (Å²) in [5, 5.41) is 4.76. The first-order valence-corrected chi connectivity index (χ1v) is 7.43. The van der Waals surface area contributed by atoms with Crippen molar-refractivity contribution in [2.24, 2.45) is 5.73 Å². The van der Waals surface area contributed by atoms with Gasteiger partial charge in [0.1, 0.15) is 0 Å². The lowest BCUT2D eigenvalue weighted by molar-refractivity contribution is 0.514. The average Bonchev–Trinajstić information content (AvgIpc) is 2.88. The summed E-state index contributed by atoms with van der Waals surface area (Å²) in [5.41, 5.74) is 9.66. The van der Waals surface area contributed by atoms with Crippen LogP contribution in [0.1, 0.15) is 49.1 Å². The van der Waals surface area contributed by atoms with E-state index >= 15 is 0 Å². The van der Waals surface area contributed by atoms with Crippen LogP contribution in [-0.4, -0.2) is 26.3 Å². The summed E-state index contributed by atoms with van der Waals surface area (Å²) in [5.74, 6) is 1.23. The second kappa shape index (κ2) is 5.71. The summed E-state index contributed by atoms with van der Waals surface area (Å²) in [4.78, 5) is 8.68. The fraction of sp³-hybridized carbons (Fsp3) is 0.533. The Morgan fingerprint density at radius 2 is 2.15 bits per heavy atom. The van der Waals surface area contributed by atoms with E-state index in [9.17, 15) is 0 Å². The molecule has 5 heteroatoms. The molecule has 2 heterocycles. The van der Waals surface area contributed by atoms with Crippen molar-refractivity contribution in [3.8, 4) is 5.95 Å². The molecule has 1 atom stereocenters. The normalized spacial score (nSPS) is 18.0. The van der Waals surface area contributed by atoms with E-state index in [0.29, 0.717) is 11.9 Å². The van der Waals surface area contributed by atoms with E-state index in [1.165, 1.54) is 29.8 Å². The molecule has 0 radical (unpaired) electrons. The molecule has 1 aliphatic carbocycles. The first-order valence-electron chi connectivity index (χ1n) is 7.43. The summed E-state index contributed by atoms with van der Waals surface area (Å²) in [6.45, 7) is 2.90. The van der Waals surface area contributed by atoms with Gasteiger partial charge in [0.15, 0.2) is 0 Å². The Morgan fingerprint density at radius 3 is 2.85 bits per heavy atom. The number of aryl methyl sites for hydroxylation is 1. The van der Waals surface area contributed by atoms with Crippen molar-refractivity contribution in [3.63, 3.8) is 0 Å². The fourth-order valence-electron chi connectivity index (χ4n) is 3.20. The van der Waals surface area contributed by atoms with Crippen LogP contribution < -0.4 is 5.73 Å². The van der Waals surface area contributed by atoms with Crippen molar-refractivity contribution >= 4 is 0 Å². The second-order valence-corrected chi connectivity index (χ2v) is 5.29. The van der Waals surface area contributed by atoms with Gasteiger partial charge in [-0.15, -0.1) is 0 Å². The molecule has 106 valence electrons. The zero-order chi connectivity index (χ0) is 13.9. The molecule has 0 spiro atoms. The van der Waals surface area contributed by atoms with Gasteiger partial charge in [-0.3, -0.25) is 0 Å². The third-order valence-electron chi connectivity index (χ3n) is 4.06. The van der Waals surface area contributed by atoms with Gasteiger partial charge in [0.2, 0.25) is 0 Å². The Labute approximate surface area is 119 Å². The van der Waals surface area contributed by atoms with Gasteiger partial charge in [0, 0.05) is 18.0 Å². The molecule has 0 bridgehead atoms. The molecule has 1 aliphatic rings. The second-order valence-electron chi connectivity index (χ2n) is 5.29. The lowest BCUT2D eigenvalue weighted by Gasteiger charge is -2.23. The van der Waals surface area contributed by atoms with Crippen molar-refractivity contribution < 1.29 is 0 Å². The standard InChI is InChI=1S/C15H21N5/c1-2-12-14-11(7-8-16)5-3-6-13(14)20(19-12)15-17-9-4-10-18-15/h4,9-11H,2-3,5-8,16H2,1H3. The Kier molecular flexibility index (Phi) is 3.78. The molecule has 5 nitrogen and oxygen atoms in total. The maximum atomic E-state index is 5.77. The lowest BCUT2D eigenvalue weighted by atomic mass is 9.83. The molecule has 0 fully saturated rings. The van der Waals surface area contributed by atoms with Crippen molar-refractivity contribution in [3.05, 3.63) is 35.4 Å². The first-order chi connectivity index (χ1) is 9.85. The van der Waals surface area contributed by atoms with Crippen LogP contribution in [0.25, 0.3) is 5.95 Å². The number of fused-ring (bicyclic) bond motifs is 1. The monoisotopic (exact) mass is 271 g/mol. The van der Waals surface area contributed by atoms with E-state index in [4.69, 9.17) is 10.8 Å². The van der Waals surface area contributed by atoms with E-state index < -0.39 is 0 Å². The minimum absolute atomic E-state index is 0.552. The van der Waals surface area contributed by atoms with E-state index in [1.54, 1.807) is 12.4 Å². The predicted octanol–water partition coefficient (Wildman–Crippen LogP) is 1.99. The van der Waals surface area contributed by atoms with Gasteiger partial charge in [0.25, 0.3) is 5.95 Å². The molecule has 0 saturated heterocycles. The molecule has 1 unspecified atom stereocenters. The highest BCUT2D eigenvalue weighted by Gasteiger charge is 2.28. The molecule has 0 amide bonds. The van der Waals surface area contributed by atoms with Crippen molar-refractivity contribution in [1.29, 1.82) is 0 Å². The molecule has 3 rings (SSSR count). The topological polar surface area (TPSA) is 69.6 Å². The number of aromatic nitrogens is 4. The van der Waals surface area contributed by atoms with Gasteiger partial charge < -0.3 is 5.73 Å². The summed E-state index contributed by atoms with van der Waals surface area (Å²) in [7, 11) is 0. The quantitative estimate of drug-likeness (QED) is 0.923. The zero-order valence-electron chi connectivity index (χ0n) is 11.9. The fourth-order valence-corrected chi connectivity index (χ4v) is 3.20. The Balaban J connectivity index is 2.10. The number of hydrogen-bond donors (Lipinski definition) is 1. The van der Waals surface area contributed by atoms with Crippen LogP contribution in [0.5, 0.6) is 0 Å². The third-order valence-corrected chi connectivity index (χ3v) is 4.06. The molecule has 20 heavy (non-hydrogen) atoms. The summed E-state index contributed by atoms with van der Waals surface area (Å²) in [6.07, 6.45) is 8.99. The zero-order valence-corrected chi connectivity index (χ0v) is 11.9. The van der Waals surface area contributed by atoms with Crippen LogP contribution in [-0.2, 0) is 12.8 Å². The molecule has 2 aromatic rings. The van der Waals surface area contributed by atoms with Gasteiger partial charge in [-0.05, 0) is 50.6 Å². The Morgan fingerprint density at radius 1 is 1.35 bits per heavy atom. The molecular weight excluding hydrogens is 250 g/mol. The minimum atomic E-state index is 0.552. The maximum Gasteiger partial charge on any atom is 0.250 e. The molecule has 2 N–H and O–H groups in total. The molecule has 0 aliphatic heterocycles. The number of nitrogens with zero attached hydrogens (tertiary/aromatic N) is 4. The van der Waals surface area contributed by atoms with E-state index in [-0.39, 0.29) is 0 Å². The number of hydrogen-bond acceptors (Lipinski definition) is 4. The van der Waals surface area contributed by atoms with Gasteiger partial charge >= 0.3 is 0 Å². The molecule has 0 saturated carbocycles. The van der Waals surface area contributed by atoms with Crippen LogP contribution >= 0.6 is 0 Å². The average molecular weight is 271 g/mol. The van der Waals surface area contributed by atoms with E-state index in [2.05, 4.69) is 16.9 Å². The predicted molar refractivity (Wildman–Crippen MR) is 77.9 cm³/mol.